The lowest BCUT2D eigenvalue weighted by molar-refractivity contribution is 0.0693. The summed E-state index contributed by atoms with van der Waals surface area (Å²) in [4.78, 5) is 23.8. The van der Waals surface area contributed by atoms with Gasteiger partial charge in [-0.25, -0.2) is 4.79 Å². The van der Waals surface area contributed by atoms with E-state index in [0.717, 1.165) is 17.2 Å². The van der Waals surface area contributed by atoms with E-state index in [-0.39, 0.29) is 10.6 Å². The van der Waals surface area contributed by atoms with Gasteiger partial charge in [-0.1, -0.05) is 66.2 Å². The molecule has 0 radical (unpaired) electrons. The monoisotopic (exact) mass is 352 g/mol. The van der Waals surface area contributed by atoms with Crippen molar-refractivity contribution in [3.8, 4) is 16.9 Å². The van der Waals surface area contributed by atoms with Crippen molar-refractivity contribution in [2.24, 2.45) is 0 Å². The third-order valence-electron chi connectivity index (χ3n) is 3.80. The van der Waals surface area contributed by atoms with Crippen LogP contribution in [0.1, 0.15) is 26.3 Å². The summed E-state index contributed by atoms with van der Waals surface area (Å²) in [5.41, 5.74) is 1.74. The second-order valence-corrected chi connectivity index (χ2v) is 5.86. The number of hydrogen-bond acceptors (Lipinski definition) is 3. The third-order valence-corrected chi connectivity index (χ3v) is 4.02. The highest BCUT2D eigenvalue weighted by molar-refractivity contribution is 6.31. The molecule has 5 heteroatoms. The average molecular weight is 353 g/mol. The van der Waals surface area contributed by atoms with Gasteiger partial charge >= 0.3 is 5.97 Å². The van der Waals surface area contributed by atoms with Crippen molar-refractivity contribution in [3.05, 3.63) is 88.4 Å². The van der Waals surface area contributed by atoms with E-state index in [0.29, 0.717) is 5.56 Å². The summed E-state index contributed by atoms with van der Waals surface area (Å²) in [6.07, 6.45) is 0. The number of carbonyl (C=O) groups excluding carboxylic acids is 1. The number of carboxylic acids is 1. The molecule has 3 rings (SSSR count). The number of aromatic carboxylic acids is 1. The fourth-order valence-electron chi connectivity index (χ4n) is 2.54. The molecule has 0 saturated carbocycles. The summed E-state index contributed by atoms with van der Waals surface area (Å²) >= 11 is 5.88. The summed E-state index contributed by atoms with van der Waals surface area (Å²) in [5.74, 6) is -2.44. The van der Waals surface area contributed by atoms with Crippen molar-refractivity contribution in [2.45, 2.75) is 0 Å². The highest BCUT2D eigenvalue weighted by atomic mass is 35.5. The lowest BCUT2D eigenvalue weighted by atomic mass is 9.97. The zero-order chi connectivity index (χ0) is 18.0. The fraction of sp³-hybridized carbons (Fsp3) is 0. The van der Waals surface area contributed by atoms with E-state index in [1.807, 2.05) is 30.3 Å². The Bertz CT molecular complexity index is 947. The molecule has 0 aliphatic heterocycles. The molecule has 0 aliphatic rings. The fourth-order valence-corrected chi connectivity index (χ4v) is 2.75. The molecule has 0 unspecified atom stereocenters. The second kappa shape index (κ2) is 6.79. The van der Waals surface area contributed by atoms with E-state index >= 15 is 0 Å². The molecule has 0 aromatic heterocycles. The van der Waals surface area contributed by atoms with Crippen LogP contribution in [0.15, 0.2) is 66.7 Å². The van der Waals surface area contributed by atoms with Crippen molar-refractivity contribution in [3.63, 3.8) is 0 Å². The van der Waals surface area contributed by atoms with Crippen molar-refractivity contribution in [2.75, 3.05) is 0 Å². The van der Waals surface area contributed by atoms with Crippen molar-refractivity contribution < 1.29 is 19.8 Å². The van der Waals surface area contributed by atoms with E-state index in [2.05, 4.69) is 0 Å². The number of rotatable bonds is 4. The number of phenols is 1. The molecule has 124 valence electrons. The van der Waals surface area contributed by atoms with E-state index in [1.54, 1.807) is 24.3 Å². The van der Waals surface area contributed by atoms with Crippen LogP contribution >= 0.6 is 11.6 Å². The summed E-state index contributed by atoms with van der Waals surface area (Å²) in [6, 6.07) is 18.9. The molecule has 0 heterocycles. The second-order valence-electron chi connectivity index (χ2n) is 5.43. The predicted molar refractivity (Wildman–Crippen MR) is 95.4 cm³/mol. The van der Waals surface area contributed by atoms with Gasteiger partial charge in [0.1, 0.15) is 11.3 Å². The van der Waals surface area contributed by atoms with Gasteiger partial charge in [-0.15, -0.1) is 0 Å². The van der Waals surface area contributed by atoms with Crippen molar-refractivity contribution >= 4 is 23.4 Å². The molecular formula is C20H13ClO4. The largest absolute Gasteiger partial charge is 0.506 e. The first-order chi connectivity index (χ1) is 12.0. The standard InChI is InChI=1S/C20H13ClO4/c21-15-10-16(19(23)17(11-15)20(24)25)18(22)14-8-6-13(7-9-14)12-4-2-1-3-5-12/h1-11,23H,(H,24,25). The molecule has 3 aromatic carbocycles. The highest BCUT2D eigenvalue weighted by Crippen LogP contribution is 2.30. The van der Waals surface area contributed by atoms with Gasteiger partial charge < -0.3 is 10.2 Å². The summed E-state index contributed by atoms with van der Waals surface area (Å²) < 4.78 is 0. The van der Waals surface area contributed by atoms with Crippen LogP contribution in [0, 0.1) is 0 Å². The minimum absolute atomic E-state index is 0.0689. The molecule has 4 nitrogen and oxygen atoms in total. The Morgan fingerprint density at radius 1 is 0.800 bits per heavy atom. The highest BCUT2D eigenvalue weighted by Gasteiger charge is 2.21. The van der Waals surface area contributed by atoms with Gasteiger partial charge in [0.05, 0.1) is 5.56 Å². The number of aromatic hydroxyl groups is 1. The minimum Gasteiger partial charge on any atom is -0.506 e. The van der Waals surface area contributed by atoms with Gasteiger partial charge in [0, 0.05) is 10.6 Å². The molecule has 0 spiro atoms. The Labute approximate surface area is 148 Å². The normalized spacial score (nSPS) is 10.4. The van der Waals surface area contributed by atoms with Crippen molar-refractivity contribution in [1.82, 2.24) is 0 Å². The maximum absolute atomic E-state index is 12.6. The van der Waals surface area contributed by atoms with Crippen LogP contribution in [-0.2, 0) is 0 Å². The van der Waals surface area contributed by atoms with Gasteiger partial charge in [-0.2, -0.15) is 0 Å². The first kappa shape index (κ1) is 16.7. The van der Waals surface area contributed by atoms with E-state index in [4.69, 9.17) is 16.7 Å². The Morgan fingerprint density at radius 2 is 1.36 bits per heavy atom. The lowest BCUT2D eigenvalue weighted by Gasteiger charge is -2.08. The number of hydrogen-bond donors (Lipinski definition) is 2. The summed E-state index contributed by atoms with van der Waals surface area (Å²) in [7, 11) is 0. The van der Waals surface area contributed by atoms with Crippen LogP contribution in [0.4, 0.5) is 0 Å². The van der Waals surface area contributed by atoms with Gasteiger partial charge in [-0.3, -0.25) is 4.79 Å². The average Bonchev–Trinajstić information content (AvgIpc) is 2.63. The third kappa shape index (κ3) is 3.39. The lowest BCUT2D eigenvalue weighted by Crippen LogP contribution is -2.06. The number of benzene rings is 3. The van der Waals surface area contributed by atoms with Crippen LogP contribution in [0.2, 0.25) is 5.02 Å². The van der Waals surface area contributed by atoms with Crippen LogP contribution in [0.3, 0.4) is 0 Å². The molecule has 2 N–H and O–H groups in total. The Morgan fingerprint density at radius 3 is 1.96 bits per heavy atom. The number of ketones is 1. The van der Waals surface area contributed by atoms with Crippen LogP contribution in [0.25, 0.3) is 11.1 Å². The van der Waals surface area contributed by atoms with Crippen molar-refractivity contribution in [1.29, 1.82) is 0 Å². The smallest absolute Gasteiger partial charge is 0.339 e. The zero-order valence-electron chi connectivity index (χ0n) is 12.9. The molecule has 0 amide bonds. The molecule has 3 aromatic rings. The SMILES string of the molecule is O=C(O)c1cc(Cl)cc(C(=O)c2ccc(-c3ccccc3)cc2)c1O. The molecule has 0 bridgehead atoms. The van der Waals surface area contributed by atoms with Gasteiger partial charge in [0.25, 0.3) is 0 Å². The Kier molecular flexibility index (Phi) is 4.55. The number of halogens is 1. The molecule has 0 fully saturated rings. The Balaban J connectivity index is 1.98. The molecular weight excluding hydrogens is 340 g/mol. The molecule has 0 atom stereocenters. The van der Waals surface area contributed by atoms with Crippen LogP contribution in [0.5, 0.6) is 5.75 Å². The predicted octanol–water partition coefficient (Wildman–Crippen LogP) is 4.64. The maximum Gasteiger partial charge on any atom is 0.339 e. The molecule has 25 heavy (non-hydrogen) atoms. The topological polar surface area (TPSA) is 74.6 Å². The van der Waals surface area contributed by atoms with Gasteiger partial charge in [0.15, 0.2) is 5.78 Å². The number of carboxylic acid groups (broad SMARTS) is 1. The van der Waals surface area contributed by atoms with E-state index in [1.165, 1.54) is 6.07 Å². The maximum atomic E-state index is 12.6. The zero-order valence-corrected chi connectivity index (χ0v) is 13.7. The number of carbonyl (C=O) groups is 2. The Hall–Kier alpha value is -3.11. The summed E-state index contributed by atoms with van der Waals surface area (Å²) in [6.45, 7) is 0. The minimum atomic E-state index is -1.35. The molecule has 0 aliphatic carbocycles. The van der Waals surface area contributed by atoms with Crippen LogP contribution < -0.4 is 0 Å². The first-order valence-electron chi connectivity index (χ1n) is 7.43. The van der Waals surface area contributed by atoms with E-state index < -0.39 is 23.1 Å². The quantitative estimate of drug-likeness (QED) is 0.671. The first-order valence-corrected chi connectivity index (χ1v) is 7.81. The van der Waals surface area contributed by atoms with Crippen LogP contribution in [-0.4, -0.2) is 22.0 Å². The van der Waals surface area contributed by atoms with E-state index in [9.17, 15) is 14.7 Å². The summed E-state index contributed by atoms with van der Waals surface area (Å²) in [5, 5.41) is 19.3. The molecule has 0 saturated heterocycles. The van der Waals surface area contributed by atoms with Gasteiger partial charge in [-0.05, 0) is 23.3 Å². The van der Waals surface area contributed by atoms with Gasteiger partial charge in [0.2, 0.25) is 0 Å².